The summed E-state index contributed by atoms with van der Waals surface area (Å²) in [5.74, 6) is 2.13. The van der Waals surface area contributed by atoms with E-state index in [0.717, 1.165) is 24.6 Å². The van der Waals surface area contributed by atoms with Crippen LogP contribution in [0.2, 0.25) is 0 Å². The van der Waals surface area contributed by atoms with Gasteiger partial charge in [0.2, 0.25) is 5.91 Å². The number of alkyl carbamates (subject to hydrolysis) is 1. The Morgan fingerprint density at radius 1 is 1.38 bits per heavy atom. The number of carbonyl (C=O) groups is 2. The molecule has 1 rings (SSSR count). The second kappa shape index (κ2) is 7.38. The number of amides is 2. The lowest BCUT2D eigenvalue weighted by molar-refractivity contribution is -0.130. The van der Waals surface area contributed by atoms with E-state index in [1.807, 2.05) is 16.7 Å². The predicted octanol–water partition coefficient (Wildman–Crippen LogP) is 0.698. The minimum atomic E-state index is -0.454. The summed E-state index contributed by atoms with van der Waals surface area (Å²) in [6.07, 6.45) is -0.103. The number of thioether (sulfide) groups is 1. The van der Waals surface area contributed by atoms with E-state index in [-0.39, 0.29) is 5.91 Å². The van der Waals surface area contributed by atoms with Crippen molar-refractivity contribution in [2.24, 2.45) is 0 Å². The molecule has 16 heavy (non-hydrogen) atoms. The fraction of sp³-hybridized carbons (Fsp3) is 0.800. The van der Waals surface area contributed by atoms with Gasteiger partial charge in [-0.05, 0) is 6.92 Å². The van der Waals surface area contributed by atoms with Crippen LogP contribution in [0.5, 0.6) is 0 Å². The van der Waals surface area contributed by atoms with Gasteiger partial charge in [-0.3, -0.25) is 4.79 Å². The van der Waals surface area contributed by atoms with Gasteiger partial charge in [0.15, 0.2) is 0 Å². The Kier molecular flexibility index (Phi) is 6.07. The molecule has 1 aliphatic heterocycles. The van der Waals surface area contributed by atoms with Crippen LogP contribution < -0.4 is 5.32 Å². The molecule has 0 aromatic heterocycles. The Hall–Kier alpha value is -0.910. The molecule has 0 saturated carbocycles. The lowest BCUT2D eigenvalue weighted by Crippen LogP contribution is -2.39. The Labute approximate surface area is 99.9 Å². The molecule has 5 nitrogen and oxygen atoms in total. The van der Waals surface area contributed by atoms with Gasteiger partial charge < -0.3 is 15.0 Å². The number of carbonyl (C=O) groups excluding carboxylic acids is 2. The first-order chi connectivity index (χ1) is 7.74. The topological polar surface area (TPSA) is 58.6 Å². The molecule has 0 aromatic rings. The van der Waals surface area contributed by atoms with Crippen molar-refractivity contribution in [3.63, 3.8) is 0 Å². The van der Waals surface area contributed by atoms with E-state index in [4.69, 9.17) is 4.74 Å². The maximum absolute atomic E-state index is 11.7. The van der Waals surface area contributed by atoms with Crippen molar-refractivity contribution in [3.8, 4) is 0 Å². The first-order valence-corrected chi connectivity index (χ1v) is 6.65. The Morgan fingerprint density at radius 3 is 2.69 bits per heavy atom. The molecule has 2 amide bonds. The van der Waals surface area contributed by atoms with Crippen molar-refractivity contribution < 1.29 is 14.3 Å². The Morgan fingerprint density at radius 2 is 2.06 bits per heavy atom. The van der Waals surface area contributed by atoms with Crippen LogP contribution in [-0.2, 0) is 9.53 Å². The molecule has 0 unspecified atom stereocenters. The van der Waals surface area contributed by atoms with E-state index >= 15 is 0 Å². The SMILES string of the molecule is CCOC(=O)NCCC(=O)N1CCSCC1. The third kappa shape index (κ3) is 4.74. The molecule has 1 heterocycles. The summed E-state index contributed by atoms with van der Waals surface area (Å²) in [6, 6.07) is 0. The molecule has 1 N–H and O–H groups in total. The highest BCUT2D eigenvalue weighted by Crippen LogP contribution is 2.09. The predicted molar refractivity (Wildman–Crippen MR) is 63.5 cm³/mol. The number of hydrogen-bond donors (Lipinski definition) is 1. The van der Waals surface area contributed by atoms with Crippen LogP contribution in [-0.4, -0.2) is 54.6 Å². The number of ether oxygens (including phenoxy) is 1. The van der Waals surface area contributed by atoms with Crippen molar-refractivity contribution >= 4 is 23.8 Å². The third-order valence-electron chi connectivity index (χ3n) is 2.25. The van der Waals surface area contributed by atoms with Crippen LogP contribution in [0.1, 0.15) is 13.3 Å². The summed E-state index contributed by atoms with van der Waals surface area (Å²) >= 11 is 1.87. The lowest BCUT2D eigenvalue weighted by atomic mass is 10.3. The van der Waals surface area contributed by atoms with Crippen LogP contribution in [0, 0.1) is 0 Å². The van der Waals surface area contributed by atoms with Gasteiger partial charge in [0.05, 0.1) is 6.61 Å². The summed E-state index contributed by atoms with van der Waals surface area (Å²) in [4.78, 5) is 24.5. The van der Waals surface area contributed by atoms with Gasteiger partial charge in [0.1, 0.15) is 0 Å². The van der Waals surface area contributed by atoms with Gasteiger partial charge in [-0.2, -0.15) is 11.8 Å². The van der Waals surface area contributed by atoms with E-state index in [2.05, 4.69) is 5.32 Å². The van der Waals surface area contributed by atoms with Crippen molar-refractivity contribution in [2.75, 3.05) is 37.7 Å². The molecular formula is C10H18N2O3S. The molecule has 0 atom stereocenters. The molecule has 1 saturated heterocycles. The summed E-state index contributed by atoms with van der Waals surface area (Å²) in [5.41, 5.74) is 0. The quantitative estimate of drug-likeness (QED) is 0.793. The zero-order valence-electron chi connectivity index (χ0n) is 9.53. The normalized spacial score (nSPS) is 15.7. The molecule has 0 aromatic carbocycles. The summed E-state index contributed by atoms with van der Waals surface area (Å²) < 4.78 is 4.69. The maximum atomic E-state index is 11.7. The summed E-state index contributed by atoms with van der Waals surface area (Å²) in [5, 5.41) is 2.54. The van der Waals surface area contributed by atoms with Crippen molar-refractivity contribution in [1.82, 2.24) is 10.2 Å². The number of rotatable bonds is 4. The zero-order valence-corrected chi connectivity index (χ0v) is 10.3. The van der Waals surface area contributed by atoms with Crippen LogP contribution in [0.25, 0.3) is 0 Å². The minimum Gasteiger partial charge on any atom is -0.450 e. The van der Waals surface area contributed by atoms with Gasteiger partial charge in [-0.25, -0.2) is 4.79 Å². The third-order valence-corrected chi connectivity index (χ3v) is 3.19. The van der Waals surface area contributed by atoms with Crippen LogP contribution in [0.15, 0.2) is 0 Å². The average Bonchev–Trinajstić information content (AvgIpc) is 2.30. The highest BCUT2D eigenvalue weighted by atomic mass is 32.2. The van der Waals surface area contributed by atoms with Gasteiger partial charge in [-0.1, -0.05) is 0 Å². The molecule has 0 spiro atoms. The molecule has 0 radical (unpaired) electrons. The summed E-state index contributed by atoms with van der Waals surface area (Å²) in [6.45, 7) is 4.09. The highest BCUT2D eigenvalue weighted by Gasteiger charge is 2.16. The Bertz CT molecular complexity index is 242. The monoisotopic (exact) mass is 246 g/mol. The number of nitrogens with zero attached hydrogens (tertiary/aromatic N) is 1. The van der Waals surface area contributed by atoms with Gasteiger partial charge in [0, 0.05) is 37.6 Å². The van der Waals surface area contributed by atoms with E-state index < -0.39 is 6.09 Å². The van der Waals surface area contributed by atoms with Crippen LogP contribution in [0.3, 0.4) is 0 Å². The zero-order chi connectivity index (χ0) is 11.8. The molecule has 1 aliphatic rings. The van der Waals surface area contributed by atoms with Gasteiger partial charge in [-0.15, -0.1) is 0 Å². The lowest BCUT2D eigenvalue weighted by Gasteiger charge is -2.26. The maximum Gasteiger partial charge on any atom is 0.407 e. The molecule has 1 fully saturated rings. The molecule has 0 aliphatic carbocycles. The second-order valence-electron chi connectivity index (χ2n) is 3.39. The molecule has 92 valence electrons. The fourth-order valence-corrected chi connectivity index (χ4v) is 2.33. The second-order valence-corrected chi connectivity index (χ2v) is 4.62. The van der Waals surface area contributed by atoms with Crippen molar-refractivity contribution in [3.05, 3.63) is 0 Å². The van der Waals surface area contributed by atoms with Crippen molar-refractivity contribution in [1.29, 1.82) is 0 Å². The first kappa shape index (κ1) is 13.2. The smallest absolute Gasteiger partial charge is 0.407 e. The van der Waals surface area contributed by atoms with E-state index in [0.29, 0.717) is 19.6 Å². The van der Waals surface area contributed by atoms with Crippen molar-refractivity contribution in [2.45, 2.75) is 13.3 Å². The van der Waals surface area contributed by atoms with E-state index in [9.17, 15) is 9.59 Å². The minimum absolute atomic E-state index is 0.108. The molecular weight excluding hydrogens is 228 g/mol. The molecule has 0 bridgehead atoms. The molecule has 6 heteroatoms. The van der Waals surface area contributed by atoms with E-state index in [1.165, 1.54) is 0 Å². The average molecular weight is 246 g/mol. The first-order valence-electron chi connectivity index (χ1n) is 5.50. The highest BCUT2D eigenvalue weighted by molar-refractivity contribution is 7.99. The summed E-state index contributed by atoms with van der Waals surface area (Å²) in [7, 11) is 0. The van der Waals surface area contributed by atoms with Gasteiger partial charge in [0.25, 0.3) is 0 Å². The standard InChI is InChI=1S/C10H18N2O3S/c1-2-15-10(14)11-4-3-9(13)12-5-7-16-8-6-12/h2-8H2,1H3,(H,11,14). The van der Waals surface area contributed by atoms with Gasteiger partial charge >= 0.3 is 6.09 Å². The van der Waals surface area contributed by atoms with Crippen LogP contribution >= 0.6 is 11.8 Å². The number of hydrogen-bond acceptors (Lipinski definition) is 4. The Balaban J connectivity index is 2.12. The largest absolute Gasteiger partial charge is 0.450 e. The fourth-order valence-electron chi connectivity index (χ4n) is 1.42. The number of nitrogens with one attached hydrogen (secondary N) is 1. The van der Waals surface area contributed by atoms with Crippen LogP contribution in [0.4, 0.5) is 4.79 Å². The van der Waals surface area contributed by atoms with E-state index in [1.54, 1.807) is 6.92 Å².